The molecule has 1 N–H and O–H groups in total. The Hall–Kier alpha value is -2.80. The fourth-order valence-electron chi connectivity index (χ4n) is 3.27. The summed E-state index contributed by atoms with van der Waals surface area (Å²) in [6.07, 6.45) is -0.313. The summed E-state index contributed by atoms with van der Waals surface area (Å²) < 4.78 is 6.39. The van der Waals surface area contributed by atoms with Crippen molar-refractivity contribution in [1.82, 2.24) is 9.97 Å². The van der Waals surface area contributed by atoms with Gasteiger partial charge in [0.25, 0.3) is 0 Å². The normalized spacial score (nSPS) is 12.1. The van der Waals surface area contributed by atoms with Gasteiger partial charge in [-0.1, -0.05) is 12.1 Å². The van der Waals surface area contributed by atoms with E-state index in [1.165, 1.54) is 6.92 Å². The van der Waals surface area contributed by atoms with Gasteiger partial charge in [-0.05, 0) is 45.4 Å². The van der Waals surface area contributed by atoms with E-state index in [1.54, 1.807) is 32.1 Å². The first-order chi connectivity index (χ1) is 13.3. The molecule has 0 fully saturated rings. The SMILES string of the molecule is CC(=O)c1c(C)[nH]c(C(=O)C(C)OC(=O)CCc2nc3ccccc3s2)c1C. The first-order valence-corrected chi connectivity index (χ1v) is 9.87. The van der Waals surface area contributed by atoms with Crippen molar-refractivity contribution in [1.29, 1.82) is 0 Å². The number of carbonyl (C=O) groups is 3. The number of nitrogens with zero attached hydrogens (tertiary/aromatic N) is 1. The largest absolute Gasteiger partial charge is 0.454 e. The smallest absolute Gasteiger partial charge is 0.306 e. The highest BCUT2D eigenvalue weighted by Gasteiger charge is 2.26. The summed E-state index contributed by atoms with van der Waals surface area (Å²) in [6, 6.07) is 7.80. The van der Waals surface area contributed by atoms with Crippen molar-refractivity contribution in [3.05, 3.63) is 51.8 Å². The molecule has 1 unspecified atom stereocenters. The van der Waals surface area contributed by atoms with Crippen LogP contribution in [0, 0.1) is 13.8 Å². The Balaban J connectivity index is 1.61. The van der Waals surface area contributed by atoms with E-state index < -0.39 is 12.1 Å². The van der Waals surface area contributed by atoms with E-state index in [1.807, 2.05) is 24.3 Å². The molecule has 0 bridgehead atoms. The third-order valence-electron chi connectivity index (χ3n) is 4.59. The number of esters is 1. The van der Waals surface area contributed by atoms with E-state index in [9.17, 15) is 14.4 Å². The molecule has 1 aromatic carbocycles. The second-order valence-electron chi connectivity index (χ2n) is 6.75. The lowest BCUT2D eigenvalue weighted by molar-refractivity contribution is -0.146. The van der Waals surface area contributed by atoms with Crippen LogP contribution in [-0.2, 0) is 16.0 Å². The van der Waals surface area contributed by atoms with E-state index in [0.717, 1.165) is 15.2 Å². The molecule has 0 amide bonds. The zero-order chi connectivity index (χ0) is 20.4. The van der Waals surface area contributed by atoms with Gasteiger partial charge in [0.2, 0.25) is 5.78 Å². The summed E-state index contributed by atoms with van der Waals surface area (Å²) in [4.78, 5) is 44.0. The number of hydrogen-bond donors (Lipinski definition) is 1. The maximum Gasteiger partial charge on any atom is 0.306 e. The van der Waals surface area contributed by atoms with Crippen molar-refractivity contribution in [3.63, 3.8) is 0 Å². The van der Waals surface area contributed by atoms with Crippen molar-refractivity contribution in [2.75, 3.05) is 0 Å². The third-order valence-corrected chi connectivity index (χ3v) is 5.69. The van der Waals surface area contributed by atoms with Crippen LogP contribution >= 0.6 is 11.3 Å². The Morgan fingerprint density at radius 3 is 2.57 bits per heavy atom. The number of aryl methyl sites for hydroxylation is 2. The molecule has 0 saturated heterocycles. The molecule has 3 aromatic rings. The van der Waals surface area contributed by atoms with Crippen LogP contribution in [0.4, 0.5) is 0 Å². The highest BCUT2D eigenvalue weighted by Crippen LogP contribution is 2.23. The van der Waals surface area contributed by atoms with Gasteiger partial charge in [0, 0.05) is 17.7 Å². The van der Waals surface area contributed by atoms with Gasteiger partial charge < -0.3 is 9.72 Å². The van der Waals surface area contributed by atoms with Crippen LogP contribution in [0.15, 0.2) is 24.3 Å². The van der Waals surface area contributed by atoms with Gasteiger partial charge in [0.15, 0.2) is 11.9 Å². The second-order valence-corrected chi connectivity index (χ2v) is 7.87. The van der Waals surface area contributed by atoms with Crippen LogP contribution in [0.3, 0.4) is 0 Å². The van der Waals surface area contributed by atoms with Crippen molar-refractivity contribution >= 4 is 39.1 Å². The van der Waals surface area contributed by atoms with E-state index in [4.69, 9.17) is 4.74 Å². The average Bonchev–Trinajstić information content (AvgIpc) is 3.19. The molecule has 0 aliphatic carbocycles. The molecule has 6 nitrogen and oxygen atoms in total. The van der Waals surface area contributed by atoms with Gasteiger partial charge in [-0.3, -0.25) is 14.4 Å². The molecule has 1 atom stereocenters. The van der Waals surface area contributed by atoms with Crippen molar-refractivity contribution in [2.45, 2.75) is 46.6 Å². The number of ketones is 2. The lowest BCUT2D eigenvalue weighted by atomic mass is 10.0. The number of aromatic amines is 1. The van der Waals surface area contributed by atoms with Crippen LogP contribution in [0.5, 0.6) is 0 Å². The van der Waals surface area contributed by atoms with E-state index in [-0.39, 0.29) is 18.0 Å². The molecular formula is C21H22N2O4S. The summed E-state index contributed by atoms with van der Waals surface area (Å²) in [5.74, 6) is -0.903. The third kappa shape index (κ3) is 4.04. The number of fused-ring (bicyclic) bond motifs is 1. The summed E-state index contributed by atoms with van der Waals surface area (Å²) in [5, 5.41) is 0.860. The zero-order valence-electron chi connectivity index (χ0n) is 16.3. The number of Topliss-reactive ketones (excluding diaryl/α,β-unsaturated/α-hetero) is 2. The highest BCUT2D eigenvalue weighted by molar-refractivity contribution is 7.18. The molecule has 0 saturated carbocycles. The van der Waals surface area contributed by atoms with Crippen molar-refractivity contribution in [2.24, 2.45) is 0 Å². The maximum absolute atomic E-state index is 12.7. The first kappa shape index (κ1) is 19.9. The second kappa shape index (κ2) is 8.06. The van der Waals surface area contributed by atoms with Gasteiger partial charge in [0.1, 0.15) is 0 Å². The number of benzene rings is 1. The molecule has 3 rings (SSSR count). The number of thiazole rings is 1. The molecule has 0 spiro atoms. The van der Waals surface area contributed by atoms with Crippen molar-refractivity contribution in [3.8, 4) is 0 Å². The number of carbonyl (C=O) groups excluding carboxylic acids is 3. The standard InChI is InChI=1S/C21H22N2O4S/c1-11-19(13(3)24)12(2)22-20(11)21(26)14(4)27-18(25)10-9-17-23-15-7-5-6-8-16(15)28-17/h5-8,14,22H,9-10H2,1-4H3. The van der Waals surface area contributed by atoms with Crippen LogP contribution < -0.4 is 0 Å². The lowest BCUT2D eigenvalue weighted by Crippen LogP contribution is -2.25. The Labute approximate surface area is 166 Å². The molecule has 7 heteroatoms. The zero-order valence-corrected chi connectivity index (χ0v) is 17.1. The summed E-state index contributed by atoms with van der Waals surface area (Å²) in [6.45, 7) is 6.47. The number of hydrogen-bond acceptors (Lipinski definition) is 6. The summed E-state index contributed by atoms with van der Waals surface area (Å²) >= 11 is 1.55. The number of H-pyrrole nitrogens is 1. The monoisotopic (exact) mass is 398 g/mol. The van der Waals surface area contributed by atoms with E-state index in [0.29, 0.717) is 28.9 Å². The lowest BCUT2D eigenvalue weighted by Gasteiger charge is -2.12. The minimum atomic E-state index is -0.931. The van der Waals surface area contributed by atoms with Crippen LogP contribution in [0.1, 0.15) is 57.4 Å². The number of para-hydroxylation sites is 1. The predicted molar refractivity (Wildman–Crippen MR) is 108 cm³/mol. The van der Waals surface area contributed by atoms with Gasteiger partial charge in [-0.2, -0.15) is 0 Å². The van der Waals surface area contributed by atoms with Gasteiger partial charge >= 0.3 is 5.97 Å². The van der Waals surface area contributed by atoms with Crippen LogP contribution in [0.2, 0.25) is 0 Å². The fourth-order valence-corrected chi connectivity index (χ4v) is 4.24. The molecule has 0 radical (unpaired) electrons. The molecule has 146 valence electrons. The minimum absolute atomic E-state index is 0.106. The summed E-state index contributed by atoms with van der Waals surface area (Å²) in [7, 11) is 0. The molecule has 0 aliphatic rings. The Morgan fingerprint density at radius 2 is 1.93 bits per heavy atom. The first-order valence-electron chi connectivity index (χ1n) is 9.06. The molecular weight excluding hydrogens is 376 g/mol. The van der Waals surface area contributed by atoms with E-state index >= 15 is 0 Å². The number of nitrogens with one attached hydrogen (secondary N) is 1. The Bertz CT molecular complexity index is 1030. The Kier molecular flexibility index (Phi) is 5.74. The van der Waals surface area contributed by atoms with Crippen molar-refractivity contribution < 1.29 is 19.1 Å². The number of rotatable bonds is 7. The highest BCUT2D eigenvalue weighted by atomic mass is 32.1. The van der Waals surface area contributed by atoms with Gasteiger partial charge in [0.05, 0.1) is 27.3 Å². The fraction of sp³-hybridized carbons (Fsp3) is 0.333. The molecule has 28 heavy (non-hydrogen) atoms. The van der Waals surface area contributed by atoms with E-state index in [2.05, 4.69) is 9.97 Å². The van der Waals surface area contributed by atoms with Gasteiger partial charge in [-0.15, -0.1) is 11.3 Å². The average molecular weight is 398 g/mol. The molecule has 0 aliphatic heterocycles. The number of aromatic nitrogens is 2. The minimum Gasteiger partial charge on any atom is -0.454 e. The summed E-state index contributed by atoms with van der Waals surface area (Å²) in [5.41, 5.74) is 2.97. The van der Waals surface area contributed by atoms with Crippen LogP contribution in [-0.4, -0.2) is 33.6 Å². The Morgan fingerprint density at radius 1 is 1.21 bits per heavy atom. The predicted octanol–water partition coefficient (Wildman–Crippen LogP) is 4.19. The molecule has 2 heterocycles. The number of ether oxygens (including phenoxy) is 1. The quantitative estimate of drug-likeness (QED) is 0.476. The van der Waals surface area contributed by atoms with Gasteiger partial charge in [-0.25, -0.2) is 4.98 Å². The topological polar surface area (TPSA) is 89.1 Å². The molecule has 2 aromatic heterocycles. The van der Waals surface area contributed by atoms with Crippen LogP contribution in [0.25, 0.3) is 10.2 Å². The maximum atomic E-state index is 12.7.